The summed E-state index contributed by atoms with van der Waals surface area (Å²) in [6.07, 6.45) is 2.09. The molecule has 0 aromatic heterocycles. The van der Waals surface area contributed by atoms with Crippen LogP contribution in [0.25, 0.3) is 0 Å². The van der Waals surface area contributed by atoms with Gasteiger partial charge in [-0.3, -0.25) is 4.79 Å². The third kappa shape index (κ3) is 4.04. The number of ether oxygens (including phenoxy) is 1. The molecule has 0 heterocycles. The van der Waals surface area contributed by atoms with Crippen LogP contribution in [0.2, 0.25) is 0 Å². The predicted octanol–water partition coefficient (Wildman–Crippen LogP) is 3.23. The van der Waals surface area contributed by atoms with E-state index in [-0.39, 0.29) is 11.9 Å². The van der Waals surface area contributed by atoms with Gasteiger partial charge in [0.05, 0.1) is 12.7 Å². The number of hydrogen-bond acceptors (Lipinski definition) is 3. The molecule has 0 radical (unpaired) electrons. The summed E-state index contributed by atoms with van der Waals surface area (Å²) in [6, 6.07) is 14.1. The number of carbonyl (C=O) groups excluding carboxylic acids is 2. The molecule has 0 bridgehead atoms. The number of methoxy groups -OCH3 is 1. The first-order valence-electron chi connectivity index (χ1n) is 7.77. The van der Waals surface area contributed by atoms with Gasteiger partial charge in [-0.1, -0.05) is 12.1 Å². The monoisotopic (exact) mass is 325 g/mol. The Labute approximate surface area is 140 Å². The number of urea groups is 1. The molecule has 1 saturated carbocycles. The molecular weight excluding hydrogens is 306 g/mol. The first kappa shape index (κ1) is 15.9. The molecule has 3 rings (SSSR count). The maximum Gasteiger partial charge on any atom is 0.319 e. The number of anilines is 2. The van der Waals surface area contributed by atoms with Crippen LogP contribution in [0.3, 0.4) is 0 Å². The molecule has 2 aromatic carbocycles. The van der Waals surface area contributed by atoms with Crippen LogP contribution in [0.15, 0.2) is 48.5 Å². The maximum absolute atomic E-state index is 12.3. The average Bonchev–Trinajstić information content (AvgIpc) is 3.40. The lowest BCUT2D eigenvalue weighted by Gasteiger charge is -2.10. The summed E-state index contributed by atoms with van der Waals surface area (Å²) in [5, 5.41) is 8.42. The van der Waals surface area contributed by atoms with E-state index in [4.69, 9.17) is 4.74 Å². The van der Waals surface area contributed by atoms with E-state index in [1.807, 2.05) is 6.07 Å². The summed E-state index contributed by atoms with van der Waals surface area (Å²) < 4.78 is 5.19. The minimum atomic E-state index is -0.250. The molecule has 1 aliphatic rings. The highest BCUT2D eigenvalue weighted by molar-refractivity contribution is 6.06. The van der Waals surface area contributed by atoms with Crippen molar-refractivity contribution in [2.24, 2.45) is 0 Å². The standard InChI is InChI=1S/C18H19N3O3/c1-24-16-5-3-2-4-15(16)17(22)19-12-6-8-13(9-7-12)20-18(23)21-14-10-11-14/h2-9,14H,10-11H2,1H3,(H,19,22)(H2,20,21,23). The van der Waals surface area contributed by atoms with Gasteiger partial charge in [0, 0.05) is 17.4 Å². The Morgan fingerprint density at radius 1 is 0.958 bits per heavy atom. The highest BCUT2D eigenvalue weighted by atomic mass is 16.5. The van der Waals surface area contributed by atoms with E-state index in [9.17, 15) is 9.59 Å². The average molecular weight is 325 g/mol. The number of carbonyl (C=O) groups is 2. The number of amides is 3. The Kier molecular flexibility index (Phi) is 4.65. The van der Waals surface area contributed by atoms with Crippen LogP contribution in [-0.2, 0) is 0 Å². The zero-order chi connectivity index (χ0) is 16.9. The van der Waals surface area contributed by atoms with E-state index in [1.165, 1.54) is 7.11 Å². The number of nitrogens with one attached hydrogen (secondary N) is 3. The zero-order valence-corrected chi connectivity index (χ0v) is 13.3. The number of para-hydroxylation sites is 1. The Hall–Kier alpha value is -3.02. The lowest BCUT2D eigenvalue weighted by Crippen LogP contribution is -2.30. The van der Waals surface area contributed by atoms with Gasteiger partial charge >= 0.3 is 6.03 Å². The van der Waals surface area contributed by atoms with Gasteiger partial charge in [0.15, 0.2) is 0 Å². The Bertz CT molecular complexity index is 739. The van der Waals surface area contributed by atoms with Crippen molar-refractivity contribution in [1.29, 1.82) is 0 Å². The fourth-order valence-electron chi connectivity index (χ4n) is 2.25. The summed E-state index contributed by atoms with van der Waals surface area (Å²) in [4.78, 5) is 24.0. The lowest BCUT2D eigenvalue weighted by atomic mass is 10.2. The van der Waals surface area contributed by atoms with E-state index in [1.54, 1.807) is 42.5 Å². The molecule has 0 unspecified atom stereocenters. The van der Waals surface area contributed by atoms with Gasteiger partial charge in [0.2, 0.25) is 0 Å². The van der Waals surface area contributed by atoms with E-state index >= 15 is 0 Å². The Morgan fingerprint density at radius 3 is 2.21 bits per heavy atom. The Balaban J connectivity index is 1.61. The van der Waals surface area contributed by atoms with Crippen molar-refractivity contribution in [1.82, 2.24) is 5.32 Å². The topological polar surface area (TPSA) is 79.5 Å². The van der Waals surface area contributed by atoms with E-state index < -0.39 is 0 Å². The van der Waals surface area contributed by atoms with Crippen molar-refractivity contribution in [2.75, 3.05) is 17.7 Å². The number of rotatable bonds is 5. The molecule has 0 aliphatic heterocycles. The molecule has 0 atom stereocenters. The molecule has 24 heavy (non-hydrogen) atoms. The van der Waals surface area contributed by atoms with Gasteiger partial charge in [-0.05, 0) is 49.2 Å². The molecular formula is C18H19N3O3. The highest BCUT2D eigenvalue weighted by Crippen LogP contribution is 2.21. The lowest BCUT2D eigenvalue weighted by molar-refractivity contribution is 0.102. The third-order valence-electron chi connectivity index (χ3n) is 3.66. The second-order valence-corrected chi connectivity index (χ2v) is 5.60. The maximum atomic E-state index is 12.3. The largest absolute Gasteiger partial charge is 0.496 e. The van der Waals surface area contributed by atoms with Crippen molar-refractivity contribution in [2.45, 2.75) is 18.9 Å². The van der Waals surface area contributed by atoms with E-state index in [0.717, 1.165) is 12.8 Å². The van der Waals surface area contributed by atoms with Crippen LogP contribution < -0.4 is 20.7 Å². The second-order valence-electron chi connectivity index (χ2n) is 5.60. The normalized spacial score (nSPS) is 13.0. The summed E-state index contributed by atoms with van der Waals surface area (Å²) in [6.45, 7) is 0. The number of benzene rings is 2. The van der Waals surface area contributed by atoms with Crippen LogP contribution in [0.1, 0.15) is 23.2 Å². The molecule has 124 valence electrons. The van der Waals surface area contributed by atoms with Crippen LogP contribution in [-0.4, -0.2) is 25.1 Å². The van der Waals surface area contributed by atoms with Crippen molar-refractivity contribution in [3.63, 3.8) is 0 Å². The number of hydrogen-bond donors (Lipinski definition) is 3. The fourth-order valence-corrected chi connectivity index (χ4v) is 2.25. The van der Waals surface area contributed by atoms with Gasteiger partial charge in [-0.25, -0.2) is 4.79 Å². The molecule has 3 amide bonds. The molecule has 0 saturated heterocycles. The summed E-state index contributed by atoms with van der Waals surface area (Å²) in [7, 11) is 1.53. The van der Waals surface area contributed by atoms with Crippen LogP contribution in [0, 0.1) is 0 Å². The van der Waals surface area contributed by atoms with Crippen molar-refractivity contribution in [3.05, 3.63) is 54.1 Å². The minimum absolute atomic E-state index is 0.205. The molecule has 0 spiro atoms. The molecule has 1 aliphatic carbocycles. The Morgan fingerprint density at radius 2 is 1.58 bits per heavy atom. The summed E-state index contributed by atoms with van der Waals surface area (Å²) >= 11 is 0. The molecule has 3 N–H and O–H groups in total. The van der Waals surface area contributed by atoms with Gasteiger partial charge in [-0.2, -0.15) is 0 Å². The molecule has 6 nitrogen and oxygen atoms in total. The third-order valence-corrected chi connectivity index (χ3v) is 3.66. The van der Waals surface area contributed by atoms with Crippen LogP contribution in [0.4, 0.5) is 16.2 Å². The van der Waals surface area contributed by atoms with Crippen molar-refractivity contribution >= 4 is 23.3 Å². The summed E-state index contributed by atoms with van der Waals surface area (Å²) in [5.74, 6) is 0.268. The zero-order valence-electron chi connectivity index (χ0n) is 13.3. The van der Waals surface area contributed by atoms with Crippen molar-refractivity contribution < 1.29 is 14.3 Å². The first-order chi connectivity index (χ1) is 11.7. The molecule has 6 heteroatoms. The van der Waals surface area contributed by atoms with Gasteiger partial charge < -0.3 is 20.7 Å². The fraction of sp³-hybridized carbons (Fsp3) is 0.222. The van der Waals surface area contributed by atoms with E-state index in [2.05, 4.69) is 16.0 Å². The smallest absolute Gasteiger partial charge is 0.319 e. The van der Waals surface area contributed by atoms with Crippen LogP contribution >= 0.6 is 0 Å². The predicted molar refractivity (Wildman–Crippen MR) is 92.6 cm³/mol. The van der Waals surface area contributed by atoms with Gasteiger partial charge in [-0.15, -0.1) is 0 Å². The minimum Gasteiger partial charge on any atom is -0.496 e. The molecule has 2 aromatic rings. The van der Waals surface area contributed by atoms with Crippen LogP contribution in [0.5, 0.6) is 5.75 Å². The quantitative estimate of drug-likeness (QED) is 0.789. The highest BCUT2D eigenvalue weighted by Gasteiger charge is 2.23. The van der Waals surface area contributed by atoms with Gasteiger partial charge in [0.1, 0.15) is 5.75 Å². The molecule has 1 fully saturated rings. The second kappa shape index (κ2) is 7.04. The van der Waals surface area contributed by atoms with Gasteiger partial charge in [0.25, 0.3) is 5.91 Å². The van der Waals surface area contributed by atoms with Crippen molar-refractivity contribution in [3.8, 4) is 5.75 Å². The van der Waals surface area contributed by atoms with E-state index in [0.29, 0.717) is 28.7 Å². The first-order valence-corrected chi connectivity index (χ1v) is 7.77. The SMILES string of the molecule is COc1ccccc1C(=O)Nc1ccc(NC(=O)NC2CC2)cc1. The summed E-state index contributed by atoms with van der Waals surface area (Å²) in [5.41, 5.74) is 1.77.